The van der Waals surface area contributed by atoms with Crippen LogP contribution in [0.4, 0.5) is 0 Å². The van der Waals surface area contributed by atoms with Crippen LogP contribution >= 0.6 is 0 Å². The molecule has 1 aromatic heterocycles. The molecule has 0 unspecified atom stereocenters. The summed E-state index contributed by atoms with van der Waals surface area (Å²) in [6.07, 6.45) is 1.35. The fourth-order valence-electron chi connectivity index (χ4n) is 2.95. The van der Waals surface area contributed by atoms with Gasteiger partial charge >= 0.3 is 5.97 Å². The van der Waals surface area contributed by atoms with E-state index in [4.69, 9.17) is 5.11 Å². The fourth-order valence-corrected chi connectivity index (χ4v) is 2.95. The predicted octanol–water partition coefficient (Wildman–Crippen LogP) is 2.48. The summed E-state index contributed by atoms with van der Waals surface area (Å²) in [5, 5.41) is 10.1. The lowest BCUT2D eigenvalue weighted by molar-refractivity contribution is -0.143. The number of hydrogen-bond acceptors (Lipinski definition) is 3. The van der Waals surface area contributed by atoms with Crippen molar-refractivity contribution in [2.45, 2.75) is 19.8 Å². The first-order valence-electron chi connectivity index (χ1n) is 7.45. The molecule has 1 aromatic carbocycles. The zero-order valence-corrected chi connectivity index (χ0v) is 12.5. The third kappa shape index (κ3) is 2.66. The molecule has 1 aliphatic heterocycles. The normalized spacial score (nSPS) is 18.4. The highest BCUT2D eigenvalue weighted by Gasteiger charge is 2.29. The van der Waals surface area contributed by atoms with Gasteiger partial charge in [-0.05, 0) is 31.9 Å². The Morgan fingerprint density at radius 1 is 1.27 bits per heavy atom. The number of rotatable bonds is 2. The average Bonchev–Trinajstić information content (AvgIpc) is 2.53. The number of likely N-dealkylation sites (tertiary alicyclic amines) is 1. The second kappa shape index (κ2) is 5.75. The quantitative estimate of drug-likeness (QED) is 0.924. The van der Waals surface area contributed by atoms with Crippen LogP contribution in [0.25, 0.3) is 10.9 Å². The summed E-state index contributed by atoms with van der Waals surface area (Å²) >= 11 is 0. The molecule has 114 valence electrons. The number of pyridine rings is 1. The van der Waals surface area contributed by atoms with Crippen molar-refractivity contribution in [3.8, 4) is 0 Å². The Bertz CT molecular complexity index is 742. The second-order valence-electron chi connectivity index (χ2n) is 5.76. The van der Waals surface area contributed by atoms with Gasteiger partial charge in [0.25, 0.3) is 5.91 Å². The molecule has 1 atom stereocenters. The van der Waals surface area contributed by atoms with Crippen molar-refractivity contribution in [2.75, 3.05) is 13.1 Å². The molecule has 1 saturated heterocycles. The van der Waals surface area contributed by atoms with E-state index in [9.17, 15) is 9.59 Å². The smallest absolute Gasteiger partial charge is 0.308 e. The third-order valence-electron chi connectivity index (χ3n) is 4.15. The lowest BCUT2D eigenvalue weighted by atomic mass is 9.97. The van der Waals surface area contributed by atoms with Gasteiger partial charge in [-0.3, -0.25) is 14.6 Å². The summed E-state index contributed by atoms with van der Waals surface area (Å²) in [4.78, 5) is 30.1. The summed E-state index contributed by atoms with van der Waals surface area (Å²) in [6, 6.07) is 9.39. The molecule has 5 heteroatoms. The molecule has 22 heavy (non-hydrogen) atoms. The number of fused-ring (bicyclic) bond motifs is 1. The van der Waals surface area contributed by atoms with Crippen LogP contribution in [-0.4, -0.2) is 40.0 Å². The van der Waals surface area contributed by atoms with E-state index in [-0.39, 0.29) is 12.5 Å². The molecule has 2 heterocycles. The maximum absolute atomic E-state index is 12.8. The topological polar surface area (TPSA) is 70.5 Å². The molecule has 0 saturated carbocycles. The van der Waals surface area contributed by atoms with Crippen LogP contribution < -0.4 is 0 Å². The maximum Gasteiger partial charge on any atom is 0.308 e. The minimum absolute atomic E-state index is 0.130. The average molecular weight is 298 g/mol. The standard InChI is InChI=1S/C17H18N2O3/c1-11-7-8-12-4-2-6-14(15(12)18-11)16(20)19-9-3-5-13(10-19)17(21)22/h2,4,6-8,13H,3,5,9-10H2,1H3,(H,21,22)/t13-/m0/s1. The van der Waals surface area contributed by atoms with Gasteiger partial charge in [0, 0.05) is 24.2 Å². The van der Waals surface area contributed by atoms with E-state index < -0.39 is 11.9 Å². The first kappa shape index (κ1) is 14.5. The van der Waals surface area contributed by atoms with Crippen LogP contribution in [0.3, 0.4) is 0 Å². The molecule has 1 amide bonds. The highest BCUT2D eigenvalue weighted by molar-refractivity contribution is 6.05. The number of amides is 1. The zero-order valence-electron chi connectivity index (χ0n) is 12.5. The molecule has 2 aromatic rings. The van der Waals surface area contributed by atoms with Gasteiger partial charge in [0.05, 0.1) is 17.0 Å². The number of aromatic nitrogens is 1. The second-order valence-corrected chi connectivity index (χ2v) is 5.76. The number of carboxylic acids is 1. The molecular weight excluding hydrogens is 280 g/mol. The molecular formula is C17H18N2O3. The van der Waals surface area contributed by atoms with Gasteiger partial charge in [-0.1, -0.05) is 18.2 Å². The first-order chi connectivity index (χ1) is 10.6. The summed E-state index contributed by atoms with van der Waals surface area (Å²) in [7, 11) is 0. The van der Waals surface area contributed by atoms with Crippen LogP contribution in [-0.2, 0) is 4.79 Å². The highest BCUT2D eigenvalue weighted by Crippen LogP contribution is 2.23. The number of carboxylic acid groups (broad SMARTS) is 1. The number of piperidine rings is 1. The van der Waals surface area contributed by atoms with Crippen molar-refractivity contribution in [1.29, 1.82) is 0 Å². The Hall–Kier alpha value is -2.43. The number of aryl methyl sites for hydroxylation is 1. The highest BCUT2D eigenvalue weighted by atomic mass is 16.4. The van der Waals surface area contributed by atoms with E-state index in [0.29, 0.717) is 24.0 Å². The summed E-state index contributed by atoms with van der Waals surface area (Å²) < 4.78 is 0. The van der Waals surface area contributed by atoms with Gasteiger partial charge in [-0.25, -0.2) is 0 Å². The molecule has 1 aliphatic rings. The largest absolute Gasteiger partial charge is 0.481 e. The lowest BCUT2D eigenvalue weighted by Gasteiger charge is -2.31. The lowest BCUT2D eigenvalue weighted by Crippen LogP contribution is -2.42. The van der Waals surface area contributed by atoms with Gasteiger partial charge in [-0.2, -0.15) is 0 Å². The fraction of sp³-hybridized carbons (Fsp3) is 0.353. The van der Waals surface area contributed by atoms with E-state index >= 15 is 0 Å². The van der Waals surface area contributed by atoms with Gasteiger partial charge < -0.3 is 10.0 Å². The summed E-state index contributed by atoms with van der Waals surface area (Å²) in [6.45, 7) is 2.77. The van der Waals surface area contributed by atoms with Crippen molar-refractivity contribution in [1.82, 2.24) is 9.88 Å². The number of hydrogen-bond donors (Lipinski definition) is 1. The Kier molecular flexibility index (Phi) is 3.79. The van der Waals surface area contributed by atoms with E-state index in [2.05, 4.69) is 4.98 Å². The number of carbonyl (C=O) groups excluding carboxylic acids is 1. The van der Waals surface area contributed by atoms with Crippen LogP contribution in [0.5, 0.6) is 0 Å². The van der Waals surface area contributed by atoms with Crippen molar-refractivity contribution in [2.24, 2.45) is 5.92 Å². The molecule has 5 nitrogen and oxygen atoms in total. The monoisotopic (exact) mass is 298 g/mol. The molecule has 0 spiro atoms. The summed E-state index contributed by atoms with van der Waals surface area (Å²) in [5.74, 6) is -1.43. The zero-order chi connectivity index (χ0) is 15.7. The Balaban J connectivity index is 1.95. The Morgan fingerprint density at radius 3 is 2.86 bits per heavy atom. The molecule has 3 rings (SSSR count). The van der Waals surface area contributed by atoms with Crippen molar-refractivity contribution >= 4 is 22.8 Å². The number of aliphatic carboxylic acids is 1. The van der Waals surface area contributed by atoms with Crippen LogP contribution in [0.15, 0.2) is 30.3 Å². The minimum atomic E-state index is -0.829. The van der Waals surface area contributed by atoms with Crippen molar-refractivity contribution < 1.29 is 14.7 Å². The predicted molar refractivity (Wildman–Crippen MR) is 82.7 cm³/mol. The van der Waals surface area contributed by atoms with Crippen molar-refractivity contribution in [3.05, 3.63) is 41.6 Å². The van der Waals surface area contributed by atoms with E-state index in [1.165, 1.54) is 0 Å². The maximum atomic E-state index is 12.8. The first-order valence-corrected chi connectivity index (χ1v) is 7.45. The van der Waals surface area contributed by atoms with E-state index in [0.717, 1.165) is 17.5 Å². The third-order valence-corrected chi connectivity index (χ3v) is 4.15. The molecule has 1 N–H and O–H groups in total. The van der Waals surface area contributed by atoms with Gasteiger partial charge in [-0.15, -0.1) is 0 Å². The molecule has 0 aliphatic carbocycles. The van der Waals surface area contributed by atoms with E-state index in [1.54, 1.807) is 11.0 Å². The van der Waals surface area contributed by atoms with Crippen LogP contribution in [0.2, 0.25) is 0 Å². The Labute approximate surface area is 128 Å². The van der Waals surface area contributed by atoms with E-state index in [1.807, 2.05) is 31.2 Å². The molecule has 0 radical (unpaired) electrons. The number of nitrogens with zero attached hydrogens (tertiary/aromatic N) is 2. The van der Waals surface area contributed by atoms with Crippen LogP contribution in [0.1, 0.15) is 28.9 Å². The van der Waals surface area contributed by atoms with Gasteiger partial charge in [0.15, 0.2) is 0 Å². The number of para-hydroxylation sites is 1. The van der Waals surface area contributed by atoms with Gasteiger partial charge in [0.2, 0.25) is 0 Å². The summed E-state index contributed by atoms with van der Waals surface area (Å²) in [5.41, 5.74) is 2.09. The van der Waals surface area contributed by atoms with Crippen LogP contribution in [0, 0.1) is 12.8 Å². The van der Waals surface area contributed by atoms with Crippen molar-refractivity contribution in [3.63, 3.8) is 0 Å². The van der Waals surface area contributed by atoms with Gasteiger partial charge in [0.1, 0.15) is 0 Å². The SMILES string of the molecule is Cc1ccc2cccc(C(=O)N3CCC[C@H](C(=O)O)C3)c2n1. The molecule has 1 fully saturated rings. The minimum Gasteiger partial charge on any atom is -0.481 e. The Morgan fingerprint density at radius 2 is 2.09 bits per heavy atom. The number of carbonyl (C=O) groups is 2. The number of benzene rings is 1. The molecule has 0 bridgehead atoms.